The van der Waals surface area contributed by atoms with Crippen molar-refractivity contribution >= 4 is 31.9 Å². The molecular formula is C27H20F2N2O3S. The maximum absolute atomic E-state index is 14.3. The van der Waals surface area contributed by atoms with E-state index in [0.29, 0.717) is 41.9 Å². The summed E-state index contributed by atoms with van der Waals surface area (Å²) in [6, 6.07) is 20.6. The topological polar surface area (TPSA) is 63.4 Å². The van der Waals surface area contributed by atoms with Crippen LogP contribution in [-0.4, -0.2) is 24.3 Å². The van der Waals surface area contributed by atoms with Crippen LogP contribution >= 0.6 is 0 Å². The Morgan fingerprint density at radius 2 is 1.74 bits per heavy atom. The number of benzene rings is 4. The van der Waals surface area contributed by atoms with Crippen LogP contribution in [0, 0.1) is 11.6 Å². The lowest BCUT2D eigenvalue weighted by molar-refractivity contribution is 0.337. The number of halogens is 2. The fraction of sp³-hybridized carbons (Fsp3) is 0.148. The van der Waals surface area contributed by atoms with E-state index in [1.165, 1.54) is 16.4 Å². The first-order valence-corrected chi connectivity index (χ1v) is 12.7. The standard InChI is InChI=1S/C27H20F2N2O3S/c28-20-9-11-22(23(29)16-20)19-8-12-26-24(15-19)30-27(34-26)25-6-3-13-31(25)35(32,33)21-10-7-17-4-1-2-5-18(17)14-21/h1-2,4-5,7-12,14-16,25H,3,6,13H2/t25-/m1/s1. The number of fused-ring (bicyclic) bond motifs is 2. The quantitative estimate of drug-likeness (QED) is 0.290. The lowest BCUT2D eigenvalue weighted by Gasteiger charge is -2.22. The van der Waals surface area contributed by atoms with Gasteiger partial charge in [-0.2, -0.15) is 4.31 Å². The van der Waals surface area contributed by atoms with E-state index in [0.717, 1.165) is 16.8 Å². The first-order valence-electron chi connectivity index (χ1n) is 11.3. The van der Waals surface area contributed by atoms with E-state index in [1.54, 1.807) is 30.3 Å². The normalized spacial score (nSPS) is 16.9. The molecule has 35 heavy (non-hydrogen) atoms. The number of oxazole rings is 1. The lowest BCUT2D eigenvalue weighted by Crippen LogP contribution is -2.30. The van der Waals surface area contributed by atoms with Crippen molar-refractivity contribution in [2.45, 2.75) is 23.8 Å². The average molecular weight is 491 g/mol. The third kappa shape index (κ3) is 3.79. The second-order valence-electron chi connectivity index (χ2n) is 8.64. The summed E-state index contributed by atoms with van der Waals surface area (Å²) in [6.07, 6.45) is 1.27. The van der Waals surface area contributed by atoms with Crippen LogP contribution in [0.2, 0.25) is 0 Å². The van der Waals surface area contributed by atoms with Gasteiger partial charge in [0.05, 0.1) is 4.90 Å². The van der Waals surface area contributed by atoms with Gasteiger partial charge in [-0.25, -0.2) is 22.2 Å². The van der Waals surface area contributed by atoms with Crippen LogP contribution in [0.25, 0.3) is 33.0 Å². The number of aromatic nitrogens is 1. The maximum atomic E-state index is 14.3. The minimum Gasteiger partial charge on any atom is -0.439 e. The second-order valence-corrected chi connectivity index (χ2v) is 10.5. The number of sulfonamides is 1. The highest BCUT2D eigenvalue weighted by Gasteiger charge is 2.39. The molecule has 0 amide bonds. The Morgan fingerprint density at radius 3 is 2.57 bits per heavy atom. The van der Waals surface area contributed by atoms with Gasteiger partial charge in [0.1, 0.15) is 23.2 Å². The summed E-state index contributed by atoms with van der Waals surface area (Å²) in [4.78, 5) is 4.80. The molecule has 0 radical (unpaired) electrons. The molecule has 0 bridgehead atoms. The number of nitrogens with zero attached hydrogens (tertiary/aromatic N) is 2. The number of hydrogen-bond acceptors (Lipinski definition) is 4. The Labute approximate surface area is 200 Å². The van der Waals surface area contributed by atoms with Gasteiger partial charge in [0, 0.05) is 18.2 Å². The van der Waals surface area contributed by atoms with Gasteiger partial charge in [0.15, 0.2) is 5.58 Å². The highest BCUT2D eigenvalue weighted by atomic mass is 32.2. The predicted molar refractivity (Wildman–Crippen MR) is 129 cm³/mol. The summed E-state index contributed by atoms with van der Waals surface area (Å²) < 4.78 is 62.1. The molecule has 0 aliphatic carbocycles. The smallest absolute Gasteiger partial charge is 0.243 e. The highest BCUT2D eigenvalue weighted by Crippen LogP contribution is 2.38. The SMILES string of the molecule is O=S(=O)(c1ccc2ccccc2c1)N1CCC[C@@H]1c1nc2cc(-c3ccc(F)cc3F)ccc2o1. The zero-order valence-electron chi connectivity index (χ0n) is 18.5. The first-order chi connectivity index (χ1) is 16.9. The Kier molecular flexibility index (Phi) is 5.16. The summed E-state index contributed by atoms with van der Waals surface area (Å²) in [6.45, 7) is 0.366. The maximum Gasteiger partial charge on any atom is 0.243 e. The van der Waals surface area contributed by atoms with Gasteiger partial charge in [-0.3, -0.25) is 0 Å². The Morgan fingerprint density at radius 1 is 0.914 bits per heavy atom. The predicted octanol–water partition coefficient (Wildman–Crippen LogP) is 6.45. The Balaban J connectivity index is 1.36. The van der Waals surface area contributed by atoms with Crippen molar-refractivity contribution in [2.75, 3.05) is 6.54 Å². The second kappa shape index (κ2) is 8.25. The summed E-state index contributed by atoms with van der Waals surface area (Å²) in [5.41, 5.74) is 1.73. The largest absolute Gasteiger partial charge is 0.439 e. The van der Waals surface area contributed by atoms with Gasteiger partial charge in [-0.1, -0.05) is 36.4 Å². The van der Waals surface area contributed by atoms with Crippen molar-refractivity contribution in [2.24, 2.45) is 0 Å². The van der Waals surface area contributed by atoms with E-state index in [1.807, 2.05) is 30.3 Å². The number of rotatable bonds is 4. The molecule has 0 saturated carbocycles. The van der Waals surface area contributed by atoms with Crippen LogP contribution in [0.5, 0.6) is 0 Å². The minimum atomic E-state index is -3.78. The molecule has 0 N–H and O–H groups in total. The fourth-order valence-corrected chi connectivity index (χ4v) is 6.40. The molecule has 0 unspecified atom stereocenters. The third-order valence-corrected chi connectivity index (χ3v) is 8.37. The summed E-state index contributed by atoms with van der Waals surface area (Å²) in [7, 11) is -3.78. The van der Waals surface area contributed by atoms with Crippen LogP contribution in [0.4, 0.5) is 8.78 Å². The summed E-state index contributed by atoms with van der Waals surface area (Å²) >= 11 is 0. The molecule has 4 aromatic carbocycles. The molecule has 1 aromatic heterocycles. The molecule has 8 heteroatoms. The zero-order chi connectivity index (χ0) is 24.2. The molecule has 1 fully saturated rings. The van der Waals surface area contributed by atoms with Gasteiger partial charge in [-0.15, -0.1) is 0 Å². The van der Waals surface area contributed by atoms with E-state index < -0.39 is 27.7 Å². The molecule has 176 valence electrons. The van der Waals surface area contributed by atoms with Crippen molar-refractivity contribution in [1.29, 1.82) is 0 Å². The minimum absolute atomic E-state index is 0.230. The Bertz CT molecular complexity index is 1700. The van der Waals surface area contributed by atoms with Crippen LogP contribution in [0.15, 0.2) is 88.2 Å². The van der Waals surface area contributed by atoms with Gasteiger partial charge in [-0.05, 0) is 65.6 Å². The van der Waals surface area contributed by atoms with Gasteiger partial charge in [0.25, 0.3) is 0 Å². The van der Waals surface area contributed by atoms with Gasteiger partial charge >= 0.3 is 0 Å². The molecule has 2 heterocycles. The molecular weight excluding hydrogens is 470 g/mol. The van der Waals surface area contributed by atoms with Crippen LogP contribution in [0.3, 0.4) is 0 Å². The van der Waals surface area contributed by atoms with Crippen molar-refractivity contribution in [1.82, 2.24) is 9.29 Å². The van der Waals surface area contributed by atoms with Gasteiger partial charge < -0.3 is 4.42 Å². The van der Waals surface area contributed by atoms with E-state index in [4.69, 9.17) is 4.42 Å². The van der Waals surface area contributed by atoms with Crippen molar-refractivity contribution < 1.29 is 21.6 Å². The molecule has 1 aliphatic heterocycles. The molecule has 6 rings (SSSR count). The summed E-state index contributed by atoms with van der Waals surface area (Å²) in [5.74, 6) is -1.01. The molecule has 1 atom stereocenters. The zero-order valence-corrected chi connectivity index (χ0v) is 19.3. The van der Waals surface area contributed by atoms with E-state index in [-0.39, 0.29) is 10.5 Å². The molecule has 1 saturated heterocycles. The third-order valence-electron chi connectivity index (χ3n) is 6.46. The Hall–Kier alpha value is -3.62. The van der Waals surface area contributed by atoms with E-state index in [2.05, 4.69) is 4.98 Å². The monoisotopic (exact) mass is 490 g/mol. The molecule has 5 aromatic rings. The first kappa shape index (κ1) is 21.9. The van der Waals surface area contributed by atoms with Crippen molar-refractivity contribution in [3.63, 3.8) is 0 Å². The van der Waals surface area contributed by atoms with Gasteiger partial charge in [0.2, 0.25) is 15.9 Å². The van der Waals surface area contributed by atoms with Crippen LogP contribution < -0.4 is 0 Å². The fourth-order valence-electron chi connectivity index (χ4n) is 4.72. The van der Waals surface area contributed by atoms with Crippen molar-refractivity contribution in [3.05, 3.63) is 96.4 Å². The van der Waals surface area contributed by atoms with Crippen molar-refractivity contribution in [3.8, 4) is 11.1 Å². The molecule has 1 aliphatic rings. The highest BCUT2D eigenvalue weighted by molar-refractivity contribution is 7.89. The number of hydrogen-bond donors (Lipinski definition) is 0. The van der Waals surface area contributed by atoms with Crippen LogP contribution in [-0.2, 0) is 10.0 Å². The molecule has 5 nitrogen and oxygen atoms in total. The molecule has 0 spiro atoms. The van der Waals surface area contributed by atoms with E-state index >= 15 is 0 Å². The average Bonchev–Trinajstić information content (AvgIpc) is 3.51. The van der Waals surface area contributed by atoms with E-state index in [9.17, 15) is 17.2 Å². The van der Waals surface area contributed by atoms with Crippen LogP contribution in [0.1, 0.15) is 24.8 Å². The summed E-state index contributed by atoms with van der Waals surface area (Å²) in [5, 5.41) is 1.82. The lowest BCUT2D eigenvalue weighted by atomic mass is 10.0.